The fraction of sp³-hybridized carbons (Fsp3) is 0.0588. The zero-order valence-electron chi connectivity index (χ0n) is 29.5. The molecule has 0 spiro atoms. The van der Waals surface area contributed by atoms with E-state index in [2.05, 4.69) is 200 Å². The lowest BCUT2D eigenvalue weighted by Gasteiger charge is -2.34. The van der Waals surface area contributed by atoms with Crippen molar-refractivity contribution in [3.63, 3.8) is 0 Å². The van der Waals surface area contributed by atoms with Gasteiger partial charge in [-0.3, -0.25) is 0 Å². The summed E-state index contributed by atoms with van der Waals surface area (Å²) >= 11 is 1.87. The molecule has 1 aliphatic rings. The number of anilines is 2. The van der Waals surface area contributed by atoms with Crippen LogP contribution >= 0.6 is 11.3 Å². The van der Waals surface area contributed by atoms with Gasteiger partial charge < -0.3 is 4.90 Å². The Morgan fingerprint density at radius 3 is 2.00 bits per heavy atom. The molecular weight excluding hydrogens is 659 g/mol. The van der Waals surface area contributed by atoms with E-state index in [1.165, 1.54) is 86.5 Å². The fourth-order valence-corrected chi connectivity index (χ4v) is 9.48. The minimum Gasteiger partial charge on any atom is -0.310 e. The van der Waals surface area contributed by atoms with Crippen LogP contribution in [0.1, 0.15) is 18.9 Å². The highest BCUT2D eigenvalue weighted by Crippen LogP contribution is 2.47. The summed E-state index contributed by atoms with van der Waals surface area (Å²) in [5.41, 5.74) is 11.0. The van der Waals surface area contributed by atoms with E-state index in [1.54, 1.807) is 0 Å². The second kappa shape index (κ2) is 13.1. The highest BCUT2D eigenvalue weighted by molar-refractivity contribution is 7.25. The molecule has 8 aromatic carbocycles. The van der Waals surface area contributed by atoms with Crippen LogP contribution in [0.25, 0.3) is 69.5 Å². The molecule has 1 heterocycles. The highest BCUT2D eigenvalue weighted by Gasteiger charge is 2.26. The number of hydrogen-bond acceptors (Lipinski definition) is 2. The molecule has 0 aliphatic heterocycles. The van der Waals surface area contributed by atoms with Crippen LogP contribution in [0, 0.1) is 5.92 Å². The van der Waals surface area contributed by atoms with Gasteiger partial charge in [-0.15, -0.1) is 11.3 Å². The summed E-state index contributed by atoms with van der Waals surface area (Å²) in [5.74, 6) is 0.401. The summed E-state index contributed by atoms with van der Waals surface area (Å²) < 4.78 is 2.64. The minimum atomic E-state index is 0.401. The lowest BCUT2D eigenvalue weighted by atomic mass is 9.85. The first-order valence-corrected chi connectivity index (χ1v) is 19.3. The van der Waals surface area contributed by atoms with Crippen LogP contribution < -0.4 is 4.90 Å². The van der Waals surface area contributed by atoms with Gasteiger partial charge >= 0.3 is 0 Å². The van der Waals surface area contributed by atoms with Gasteiger partial charge in [0.1, 0.15) is 0 Å². The average molecular weight is 696 g/mol. The van der Waals surface area contributed by atoms with Crippen molar-refractivity contribution in [2.75, 3.05) is 4.90 Å². The quantitative estimate of drug-likeness (QED) is 0.167. The van der Waals surface area contributed by atoms with E-state index in [0.29, 0.717) is 5.92 Å². The fourth-order valence-electron chi connectivity index (χ4n) is 8.35. The van der Waals surface area contributed by atoms with Gasteiger partial charge in [0.15, 0.2) is 0 Å². The molecule has 252 valence electrons. The molecule has 1 atom stereocenters. The second-order valence-corrected chi connectivity index (χ2v) is 15.2. The van der Waals surface area contributed by atoms with Gasteiger partial charge in [0.25, 0.3) is 0 Å². The smallest absolute Gasteiger partial charge is 0.0540 e. The number of rotatable bonds is 6. The summed E-state index contributed by atoms with van der Waals surface area (Å²) in [7, 11) is 0. The molecule has 1 unspecified atom stereocenters. The van der Waals surface area contributed by atoms with E-state index in [1.807, 2.05) is 11.3 Å². The van der Waals surface area contributed by atoms with Gasteiger partial charge in [-0.05, 0) is 86.6 Å². The topological polar surface area (TPSA) is 3.24 Å². The van der Waals surface area contributed by atoms with Crippen molar-refractivity contribution < 1.29 is 0 Å². The molecule has 9 aromatic rings. The Morgan fingerprint density at radius 1 is 0.509 bits per heavy atom. The predicted molar refractivity (Wildman–Crippen MR) is 230 cm³/mol. The third-order valence-electron chi connectivity index (χ3n) is 10.8. The van der Waals surface area contributed by atoms with Crippen molar-refractivity contribution in [2.24, 2.45) is 5.92 Å². The minimum absolute atomic E-state index is 0.401. The van der Waals surface area contributed by atoms with Crippen molar-refractivity contribution in [2.45, 2.75) is 13.3 Å². The number of thiophene rings is 1. The Kier molecular flexibility index (Phi) is 7.78. The van der Waals surface area contributed by atoms with E-state index >= 15 is 0 Å². The van der Waals surface area contributed by atoms with Crippen molar-refractivity contribution >= 4 is 70.0 Å². The molecule has 1 aliphatic carbocycles. The van der Waals surface area contributed by atoms with Crippen molar-refractivity contribution in [3.8, 4) is 22.3 Å². The third-order valence-corrected chi connectivity index (χ3v) is 11.9. The molecule has 1 aromatic heterocycles. The largest absolute Gasteiger partial charge is 0.310 e. The maximum atomic E-state index is 2.53. The standard InChI is InChI=1S/C51H37NS/c1-34-30-31-47(45(32-34)43-26-11-19-37-18-10-24-41(50(37)43)36-14-3-2-4-15-36)52(46-27-12-17-35-16-5-6-22-40(35)46)39-21-9-20-38(33-39)42-25-13-29-49-51(42)44-23-7-8-28-48(44)53-49/h2-29,31-34H,30H2,1H3. The Bertz CT molecular complexity index is 2880. The van der Waals surface area contributed by atoms with Gasteiger partial charge in [0, 0.05) is 42.5 Å². The summed E-state index contributed by atoms with van der Waals surface area (Å²) in [6.07, 6.45) is 5.95. The summed E-state index contributed by atoms with van der Waals surface area (Å²) in [6, 6.07) is 64.6. The third kappa shape index (κ3) is 5.46. The normalized spacial score (nSPS) is 14.5. The summed E-state index contributed by atoms with van der Waals surface area (Å²) in [5, 5.41) is 7.64. The zero-order valence-corrected chi connectivity index (χ0v) is 30.4. The number of nitrogens with zero attached hydrogens (tertiary/aromatic N) is 1. The molecule has 53 heavy (non-hydrogen) atoms. The Hall–Kier alpha value is -6.22. The number of fused-ring (bicyclic) bond motifs is 5. The lowest BCUT2D eigenvalue weighted by Crippen LogP contribution is -2.21. The molecule has 1 nitrogen and oxygen atoms in total. The molecule has 0 radical (unpaired) electrons. The SMILES string of the molecule is CC1C=C(c2cccc3cccc(-c4ccccc4)c23)C(N(c2cccc(-c3cccc4sc5ccccc5c34)c2)c2cccc3ccccc23)=CC1. The average Bonchev–Trinajstić information content (AvgIpc) is 3.61. The Labute approximate surface area is 314 Å². The van der Waals surface area contributed by atoms with Gasteiger partial charge in [0.05, 0.1) is 5.69 Å². The van der Waals surface area contributed by atoms with Crippen LogP contribution in [-0.2, 0) is 0 Å². The van der Waals surface area contributed by atoms with Gasteiger partial charge in [-0.25, -0.2) is 0 Å². The van der Waals surface area contributed by atoms with Gasteiger partial charge in [-0.1, -0.05) is 165 Å². The summed E-state index contributed by atoms with van der Waals surface area (Å²) in [4.78, 5) is 2.53. The molecular formula is C51H37NS. The van der Waals surface area contributed by atoms with Crippen LogP contribution in [0.15, 0.2) is 194 Å². The van der Waals surface area contributed by atoms with Crippen LogP contribution in [0.3, 0.4) is 0 Å². The number of hydrogen-bond donors (Lipinski definition) is 0. The molecule has 0 bridgehead atoms. The van der Waals surface area contributed by atoms with Gasteiger partial charge in [0.2, 0.25) is 0 Å². The molecule has 2 heteroatoms. The Balaban J connectivity index is 1.22. The van der Waals surface area contributed by atoms with E-state index in [-0.39, 0.29) is 0 Å². The highest BCUT2D eigenvalue weighted by atomic mass is 32.1. The van der Waals surface area contributed by atoms with Crippen LogP contribution in [0.4, 0.5) is 11.4 Å². The van der Waals surface area contributed by atoms with E-state index < -0.39 is 0 Å². The Morgan fingerprint density at radius 2 is 1.13 bits per heavy atom. The molecule has 10 rings (SSSR count). The first-order chi connectivity index (χ1) is 26.2. The molecule has 0 N–H and O–H groups in total. The molecule has 0 fully saturated rings. The van der Waals surface area contributed by atoms with Gasteiger partial charge in [-0.2, -0.15) is 0 Å². The van der Waals surface area contributed by atoms with Crippen LogP contribution in [-0.4, -0.2) is 0 Å². The van der Waals surface area contributed by atoms with Crippen molar-refractivity contribution in [1.82, 2.24) is 0 Å². The number of allylic oxidation sites excluding steroid dienone is 3. The second-order valence-electron chi connectivity index (χ2n) is 14.1. The van der Waals surface area contributed by atoms with Crippen LogP contribution in [0.2, 0.25) is 0 Å². The lowest BCUT2D eigenvalue weighted by molar-refractivity contribution is 0.732. The van der Waals surface area contributed by atoms with Crippen LogP contribution in [0.5, 0.6) is 0 Å². The maximum Gasteiger partial charge on any atom is 0.0540 e. The van der Waals surface area contributed by atoms with E-state index in [9.17, 15) is 0 Å². The van der Waals surface area contributed by atoms with E-state index in [0.717, 1.165) is 12.1 Å². The maximum absolute atomic E-state index is 2.53. The van der Waals surface area contributed by atoms with Crippen molar-refractivity contribution in [1.29, 1.82) is 0 Å². The first kappa shape index (κ1) is 31.5. The number of benzene rings is 8. The molecule has 0 saturated heterocycles. The van der Waals surface area contributed by atoms with E-state index in [4.69, 9.17) is 0 Å². The van der Waals surface area contributed by atoms with Crippen molar-refractivity contribution in [3.05, 3.63) is 199 Å². The monoisotopic (exact) mass is 695 g/mol. The molecule has 0 saturated carbocycles. The first-order valence-electron chi connectivity index (χ1n) is 18.5. The zero-order chi connectivity index (χ0) is 35.3. The summed E-state index contributed by atoms with van der Waals surface area (Å²) in [6.45, 7) is 2.34. The molecule has 0 amide bonds. The predicted octanol–water partition coefficient (Wildman–Crippen LogP) is 14.8.